The highest BCUT2D eigenvalue weighted by atomic mass is 32.2. The summed E-state index contributed by atoms with van der Waals surface area (Å²) in [5.41, 5.74) is 0. The van der Waals surface area contributed by atoms with E-state index in [0.29, 0.717) is 13.2 Å². The molecule has 0 aliphatic carbocycles. The molecule has 0 aliphatic heterocycles. The molecule has 0 aromatic heterocycles. The summed E-state index contributed by atoms with van der Waals surface area (Å²) in [5.74, 6) is 0. The first-order valence-corrected chi connectivity index (χ1v) is 4.40. The summed E-state index contributed by atoms with van der Waals surface area (Å²) >= 11 is 7.24. The Morgan fingerprint density at radius 3 is 2.50 bits per heavy atom. The molecule has 4 nitrogen and oxygen atoms in total. The molecule has 0 rings (SSSR count). The maximum absolute atomic E-state index is 10.7. The highest BCUT2D eigenvalue weighted by Gasteiger charge is 2.04. The highest BCUT2D eigenvalue weighted by molar-refractivity contribution is 7.94. The predicted octanol–water partition coefficient (Wildman–Crippen LogP) is 1.54. The van der Waals surface area contributed by atoms with Crippen molar-refractivity contribution in [2.45, 2.75) is 13.3 Å². The average molecular weight is 211 g/mol. The number of nitrogens with zero attached hydrogens (tertiary/aromatic N) is 1. The summed E-state index contributed by atoms with van der Waals surface area (Å²) < 4.78 is 10.5. The van der Waals surface area contributed by atoms with Gasteiger partial charge >= 0.3 is 6.09 Å². The number of carbonyl (C=O) groups is 1. The number of carbonyl (C=O) groups excluding carboxylic acids is 1. The third kappa shape index (κ3) is 6.63. The lowest BCUT2D eigenvalue weighted by Crippen LogP contribution is -2.16. The number of amides is 1. The molecule has 1 amide bonds. The topological polar surface area (TPSA) is 38.8 Å². The van der Waals surface area contributed by atoms with Gasteiger partial charge in [0.2, 0.25) is 0 Å². The van der Waals surface area contributed by atoms with Crippen LogP contribution in [0.1, 0.15) is 13.3 Å². The second-order valence-electron chi connectivity index (χ2n) is 2.02. The zero-order chi connectivity index (χ0) is 9.40. The quantitative estimate of drug-likeness (QED) is 0.535. The Labute approximate surface area is 83.3 Å². The molecule has 0 saturated heterocycles. The summed E-state index contributed by atoms with van der Waals surface area (Å²) in [6, 6.07) is 0. The van der Waals surface area contributed by atoms with E-state index in [1.54, 1.807) is 0 Å². The van der Waals surface area contributed by atoms with Crippen LogP contribution in [-0.2, 0) is 9.47 Å². The largest absolute Gasteiger partial charge is 0.446 e. The normalized spacial score (nSPS) is 9.58. The minimum Gasteiger partial charge on any atom is -0.446 e. The lowest BCUT2D eigenvalue weighted by Gasteiger charge is -2.08. The van der Waals surface area contributed by atoms with Gasteiger partial charge < -0.3 is 9.47 Å². The Morgan fingerprint density at radius 1 is 1.33 bits per heavy atom. The third-order valence-electron chi connectivity index (χ3n) is 0.965. The molecule has 0 fully saturated rings. The summed E-state index contributed by atoms with van der Waals surface area (Å²) in [6.07, 6.45) is 0.362. The highest BCUT2D eigenvalue weighted by Crippen LogP contribution is 2.00. The maximum Gasteiger partial charge on any atom is 0.430 e. The van der Waals surface area contributed by atoms with Crippen molar-refractivity contribution in [3.8, 4) is 0 Å². The van der Waals surface area contributed by atoms with E-state index in [2.05, 4.69) is 30.4 Å². The van der Waals surface area contributed by atoms with Gasteiger partial charge in [-0.1, -0.05) is 6.92 Å². The van der Waals surface area contributed by atoms with Gasteiger partial charge in [0.15, 0.2) is 0 Å². The van der Waals surface area contributed by atoms with Crippen molar-refractivity contribution >= 4 is 31.7 Å². The van der Waals surface area contributed by atoms with Gasteiger partial charge in [-0.2, -0.15) is 3.71 Å². The van der Waals surface area contributed by atoms with Crippen molar-refractivity contribution in [1.29, 1.82) is 0 Å². The fourth-order valence-corrected chi connectivity index (χ4v) is 0.608. The number of rotatable bonds is 5. The van der Waals surface area contributed by atoms with Crippen LogP contribution >= 0.6 is 25.6 Å². The van der Waals surface area contributed by atoms with Crippen LogP contribution < -0.4 is 0 Å². The second-order valence-corrected chi connectivity index (χ2v) is 3.13. The van der Waals surface area contributed by atoms with E-state index in [9.17, 15) is 4.79 Å². The zero-order valence-corrected chi connectivity index (χ0v) is 8.68. The van der Waals surface area contributed by atoms with Crippen molar-refractivity contribution in [3.05, 3.63) is 0 Å². The summed E-state index contributed by atoms with van der Waals surface area (Å²) in [6.45, 7) is 3.34. The van der Waals surface area contributed by atoms with Crippen LogP contribution in [-0.4, -0.2) is 29.6 Å². The number of ether oxygens (including phenoxy) is 2. The Kier molecular flexibility index (Phi) is 7.53. The van der Waals surface area contributed by atoms with Crippen molar-refractivity contribution in [1.82, 2.24) is 3.71 Å². The summed E-state index contributed by atoms with van der Waals surface area (Å²) in [7, 11) is 0. The molecular formula is C6H13NO3S2. The van der Waals surface area contributed by atoms with E-state index in [-0.39, 0.29) is 6.61 Å². The van der Waals surface area contributed by atoms with Gasteiger partial charge in [-0.05, 0) is 32.1 Å². The fraction of sp³-hybridized carbons (Fsp3) is 0.833. The van der Waals surface area contributed by atoms with Gasteiger partial charge in [-0.15, -0.1) is 0 Å². The standard InChI is InChI=1S/C6H13NO3S2/c1-2-3-9-4-5-10-6(8)7(11)12/h11-12H,2-5H2,1H3. The van der Waals surface area contributed by atoms with E-state index in [4.69, 9.17) is 4.74 Å². The zero-order valence-electron chi connectivity index (χ0n) is 6.89. The number of hydrogen-bond acceptors (Lipinski definition) is 5. The van der Waals surface area contributed by atoms with E-state index in [1.807, 2.05) is 6.92 Å². The summed E-state index contributed by atoms with van der Waals surface area (Å²) in [4.78, 5) is 10.7. The molecule has 0 atom stereocenters. The van der Waals surface area contributed by atoms with Crippen molar-refractivity contribution in [2.75, 3.05) is 19.8 Å². The molecule has 0 aliphatic rings. The minimum absolute atomic E-state index is 0.233. The maximum atomic E-state index is 10.7. The Hall–Kier alpha value is -0.0700. The molecule has 6 heteroatoms. The van der Waals surface area contributed by atoms with Gasteiger partial charge in [0.25, 0.3) is 0 Å². The van der Waals surface area contributed by atoms with E-state index in [1.165, 1.54) is 0 Å². The molecule has 0 radical (unpaired) electrons. The Bertz CT molecular complexity index is 132. The molecular weight excluding hydrogens is 198 g/mol. The van der Waals surface area contributed by atoms with E-state index >= 15 is 0 Å². The van der Waals surface area contributed by atoms with Crippen molar-refractivity contribution in [3.63, 3.8) is 0 Å². The van der Waals surface area contributed by atoms with Gasteiger partial charge in [0.05, 0.1) is 6.61 Å². The monoisotopic (exact) mass is 211 g/mol. The van der Waals surface area contributed by atoms with Crippen LogP contribution in [0.15, 0.2) is 0 Å². The van der Waals surface area contributed by atoms with Gasteiger partial charge in [0, 0.05) is 6.61 Å². The lowest BCUT2D eigenvalue weighted by atomic mass is 10.5. The minimum atomic E-state index is -0.596. The van der Waals surface area contributed by atoms with E-state index < -0.39 is 6.09 Å². The molecule has 0 saturated carbocycles. The molecule has 0 spiro atoms. The second kappa shape index (κ2) is 7.57. The predicted molar refractivity (Wildman–Crippen MR) is 52.3 cm³/mol. The molecule has 0 aromatic carbocycles. The SMILES string of the molecule is CCCOCCOC(=O)N(S)S. The van der Waals surface area contributed by atoms with Gasteiger partial charge in [-0.25, -0.2) is 4.79 Å². The average Bonchev–Trinajstić information content (AvgIpc) is 2.03. The molecule has 12 heavy (non-hydrogen) atoms. The third-order valence-corrected chi connectivity index (χ3v) is 1.29. The first kappa shape index (κ1) is 11.9. The van der Waals surface area contributed by atoms with Gasteiger partial charge in [0.1, 0.15) is 6.61 Å². The van der Waals surface area contributed by atoms with Crippen molar-refractivity contribution < 1.29 is 14.3 Å². The molecule has 0 bridgehead atoms. The van der Waals surface area contributed by atoms with Crippen LogP contribution in [0.3, 0.4) is 0 Å². The summed E-state index contributed by atoms with van der Waals surface area (Å²) in [5, 5.41) is 0. The molecule has 0 aromatic rings. The van der Waals surface area contributed by atoms with Crippen LogP contribution in [0.4, 0.5) is 4.79 Å². The lowest BCUT2D eigenvalue weighted by molar-refractivity contribution is 0.0716. The van der Waals surface area contributed by atoms with Crippen LogP contribution in [0.5, 0.6) is 0 Å². The first-order chi connectivity index (χ1) is 5.68. The van der Waals surface area contributed by atoms with Crippen LogP contribution in [0.25, 0.3) is 0 Å². The molecule has 0 N–H and O–H groups in total. The molecule has 72 valence electrons. The number of thiol groups is 2. The van der Waals surface area contributed by atoms with E-state index in [0.717, 1.165) is 10.1 Å². The Morgan fingerprint density at radius 2 is 2.00 bits per heavy atom. The van der Waals surface area contributed by atoms with Crippen LogP contribution in [0.2, 0.25) is 0 Å². The first-order valence-electron chi connectivity index (χ1n) is 3.60. The van der Waals surface area contributed by atoms with Gasteiger partial charge in [-0.3, -0.25) is 0 Å². The molecule has 0 heterocycles. The molecule has 0 unspecified atom stereocenters. The number of hydrogen-bond donors (Lipinski definition) is 2. The Balaban J connectivity index is 3.14. The smallest absolute Gasteiger partial charge is 0.430 e. The fourth-order valence-electron chi connectivity index (χ4n) is 0.492. The van der Waals surface area contributed by atoms with Crippen molar-refractivity contribution in [2.24, 2.45) is 0 Å². The van der Waals surface area contributed by atoms with Crippen LogP contribution in [0, 0.1) is 0 Å².